The number of piperidine rings is 1. The van der Waals surface area contributed by atoms with Gasteiger partial charge < -0.3 is 14.0 Å². The number of nitrogens with zero attached hydrogens (tertiary/aromatic N) is 3. The Morgan fingerprint density at radius 2 is 1.67 bits per heavy atom. The lowest BCUT2D eigenvalue weighted by Gasteiger charge is -2.41. The molecule has 0 aromatic carbocycles. The van der Waals surface area contributed by atoms with E-state index in [0.29, 0.717) is 12.1 Å². The first-order valence-corrected chi connectivity index (χ1v) is 9.07. The van der Waals surface area contributed by atoms with Crippen molar-refractivity contribution in [2.75, 3.05) is 26.3 Å². The summed E-state index contributed by atoms with van der Waals surface area (Å²) in [5.41, 5.74) is 0.398. The lowest BCUT2D eigenvalue weighted by molar-refractivity contribution is -0.0734. The molecule has 6 nitrogen and oxygen atoms in total. The van der Waals surface area contributed by atoms with E-state index in [1.807, 2.05) is 6.20 Å². The van der Waals surface area contributed by atoms with Crippen LogP contribution in [0, 0.1) is 0 Å². The zero-order chi connectivity index (χ0) is 16.9. The molecule has 3 aliphatic rings. The van der Waals surface area contributed by atoms with Gasteiger partial charge in [-0.25, -0.2) is 0 Å². The Morgan fingerprint density at radius 1 is 1.04 bits per heavy atom. The molecule has 0 N–H and O–H groups in total. The van der Waals surface area contributed by atoms with Crippen molar-refractivity contribution in [3.63, 3.8) is 0 Å². The van der Waals surface area contributed by atoms with Crippen LogP contribution in [0.15, 0.2) is 12.4 Å². The molecular formula is C17H28BN3O3. The largest absolute Gasteiger partial charge is 0.498 e. The van der Waals surface area contributed by atoms with Crippen molar-refractivity contribution in [1.29, 1.82) is 0 Å². The van der Waals surface area contributed by atoms with Gasteiger partial charge in [-0.1, -0.05) is 0 Å². The van der Waals surface area contributed by atoms with Crippen LogP contribution < -0.4 is 5.46 Å². The van der Waals surface area contributed by atoms with Crippen LogP contribution in [-0.2, 0) is 14.0 Å². The minimum Gasteiger partial charge on any atom is -0.399 e. The summed E-state index contributed by atoms with van der Waals surface area (Å²) in [5.74, 6) is 0. The second-order valence-corrected chi connectivity index (χ2v) is 8.30. The number of likely N-dealkylation sites (tertiary alicyclic amines) is 1. The van der Waals surface area contributed by atoms with Crippen LogP contribution in [0.5, 0.6) is 0 Å². The average Bonchev–Trinajstić information content (AvgIpc) is 3.01. The van der Waals surface area contributed by atoms with Gasteiger partial charge in [-0.3, -0.25) is 9.58 Å². The molecule has 1 aromatic heterocycles. The van der Waals surface area contributed by atoms with Crippen LogP contribution in [-0.4, -0.2) is 65.3 Å². The Morgan fingerprint density at radius 3 is 2.21 bits per heavy atom. The number of hydrogen-bond donors (Lipinski definition) is 0. The maximum atomic E-state index is 6.12. The van der Waals surface area contributed by atoms with E-state index in [2.05, 4.69) is 48.6 Å². The highest BCUT2D eigenvalue weighted by atomic mass is 16.7. The number of ether oxygens (including phenoxy) is 1. The molecule has 7 heteroatoms. The van der Waals surface area contributed by atoms with Gasteiger partial charge in [0.15, 0.2) is 0 Å². The van der Waals surface area contributed by atoms with E-state index in [0.717, 1.165) is 44.6 Å². The molecule has 0 radical (unpaired) electrons. The molecule has 132 valence electrons. The molecule has 0 aliphatic carbocycles. The third-order valence-electron chi connectivity index (χ3n) is 6.16. The van der Waals surface area contributed by atoms with Gasteiger partial charge >= 0.3 is 7.12 Å². The molecule has 0 amide bonds. The Balaban J connectivity index is 1.39. The first kappa shape index (κ1) is 16.6. The standard InChI is InChI=1S/C17H28BN3O3/c1-16(2)17(3,4)24-18(23-16)13-9-19-21(10-13)14-5-7-20(8-6-14)15-11-22-12-15/h9-10,14-15H,5-8,11-12H2,1-4H3. The van der Waals surface area contributed by atoms with Crippen molar-refractivity contribution in [2.45, 2.75) is 63.8 Å². The SMILES string of the molecule is CC1(C)OB(c2cnn(C3CCN(C4COC4)CC3)c2)OC1(C)C. The van der Waals surface area contributed by atoms with Crippen LogP contribution in [0.1, 0.15) is 46.6 Å². The summed E-state index contributed by atoms with van der Waals surface area (Å²) < 4.78 is 19.7. The van der Waals surface area contributed by atoms with E-state index < -0.39 is 0 Å². The Hall–Kier alpha value is -0.885. The maximum Gasteiger partial charge on any atom is 0.498 e. The van der Waals surface area contributed by atoms with Gasteiger partial charge in [-0.15, -0.1) is 0 Å². The second kappa shape index (κ2) is 5.83. The van der Waals surface area contributed by atoms with Gasteiger partial charge in [0.25, 0.3) is 0 Å². The zero-order valence-corrected chi connectivity index (χ0v) is 15.2. The Bertz CT molecular complexity index is 576. The van der Waals surface area contributed by atoms with Gasteiger partial charge in [0.1, 0.15) is 0 Å². The van der Waals surface area contributed by atoms with Gasteiger partial charge in [-0.2, -0.15) is 5.10 Å². The second-order valence-electron chi connectivity index (χ2n) is 8.30. The molecular weight excluding hydrogens is 305 g/mol. The molecule has 0 atom stereocenters. The molecule has 0 unspecified atom stereocenters. The number of aromatic nitrogens is 2. The molecule has 0 saturated carbocycles. The van der Waals surface area contributed by atoms with Crippen molar-refractivity contribution in [2.24, 2.45) is 0 Å². The lowest BCUT2D eigenvalue weighted by Crippen LogP contribution is -2.51. The van der Waals surface area contributed by atoms with Crippen LogP contribution in [0.3, 0.4) is 0 Å². The molecule has 3 saturated heterocycles. The van der Waals surface area contributed by atoms with Crippen molar-refractivity contribution in [1.82, 2.24) is 14.7 Å². The summed E-state index contributed by atoms with van der Waals surface area (Å²) >= 11 is 0. The molecule has 3 fully saturated rings. The third-order valence-corrected chi connectivity index (χ3v) is 6.16. The van der Waals surface area contributed by atoms with E-state index in [4.69, 9.17) is 14.0 Å². The first-order chi connectivity index (χ1) is 11.4. The fourth-order valence-corrected chi connectivity index (χ4v) is 3.60. The molecule has 3 aliphatic heterocycles. The fourth-order valence-electron chi connectivity index (χ4n) is 3.60. The molecule has 4 heterocycles. The van der Waals surface area contributed by atoms with Crippen molar-refractivity contribution >= 4 is 12.6 Å². The summed E-state index contributed by atoms with van der Waals surface area (Å²) in [6.07, 6.45) is 6.28. The molecule has 0 bridgehead atoms. The van der Waals surface area contributed by atoms with E-state index in [-0.39, 0.29) is 18.3 Å². The number of hydrogen-bond acceptors (Lipinski definition) is 5. The van der Waals surface area contributed by atoms with Crippen LogP contribution >= 0.6 is 0 Å². The quantitative estimate of drug-likeness (QED) is 0.779. The van der Waals surface area contributed by atoms with Gasteiger partial charge in [0.2, 0.25) is 0 Å². The summed E-state index contributed by atoms with van der Waals surface area (Å²) in [5, 5.41) is 4.60. The summed E-state index contributed by atoms with van der Waals surface area (Å²) in [4.78, 5) is 2.55. The minimum atomic E-state index is -0.323. The monoisotopic (exact) mass is 333 g/mol. The number of rotatable bonds is 3. The van der Waals surface area contributed by atoms with E-state index in [9.17, 15) is 0 Å². The van der Waals surface area contributed by atoms with Crippen molar-refractivity contribution in [3.8, 4) is 0 Å². The first-order valence-electron chi connectivity index (χ1n) is 9.07. The third kappa shape index (κ3) is 2.81. The maximum absolute atomic E-state index is 6.12. The van der Waals surface area contributed by atoms with Crippen LogP contribution in [0.25, 0.3) is 0 Å². The van der Waals surface area contributed by atoms with E-state index in [1.54, 1.807) is 0 Å². The van der Waals surface area contributed by atoms with E-state index >= 15 is 0 Å². The van der Waals surface area contributed by atoms with Crippen LogP contribution in [0.2, 0.25) is 0 Å². The molecule has 0 spiro atoms. The van der Waals surface area contributed by atoms with Gasteiger partial charge in [-0.05, 0) is 40.5 Å². The molecule has 1 aromatic rings. The average molecular weight is 333 g/mol. The lowest BCUT2D eigenvalue weighted by atomic mass is 9.82. The summed E-state index contributed by atoms with van der Waals surface area (Å²) in [6.45, 7) is 12.4. The highest BCUT2D eigenvalue weighted by Gasteiger charge is 2.52. The predicted octanol–water partition coefficient (Wildman–Crippen LogP) is 1.22. The predicted molar refractivity (Wildman–Crippen MR) is 92.4 cm³/mol. The molecule has 24 heavy (non-hydrogen) atoms. The highest BCUT2D eigenvalue weighted by Crippen LogP contribution is 2.36. The van der Waals surface area contributed by atoms with E-state index in [1.165, 1.54) is 0 Å². The minimum absolute atomic E-state index is 0.310. The molecule has 4 rings (SSSR count). The smallest absolute Gasteiger partial charge is 0.399 e. The Labute approximate surface area is 144 Å². The van der Waals surface area contributed by atoms with Crippen molar-refractivity contribution in [3.05, 3.63) is 12.4 Å². The van der Waals surface area contributed by atoms with Gasteiger partial charge in [0.05, 0.1) is 36.5 Å². The Kier molecular flexibility index (Phi) is 4.03. The topological polar surface area (TPSA) is 48.8 Å². The summed E-state index contributed by atoms with van der Waals surface area (Å²) in [7, 11) is -0.323. The van der Waals surface area contributed by atoms with Crippen LogP contribution in [0.4, 0.5) is 0 Å². The normalized spacial score (nSPS) is 28.2. The fraction of sp³-hybridized carbons (Fsp3) is 0.824. The zero-order valence-electron chi connectivity index (χ0n) is 15.2. The van der Waals surface area contributed by atoms with Crippen molar-refractivity contribution < 1.29 is 14.0 Å². The summed E-state index contributed by atoms with van der Waals surface area (Å²) in [6, 6.07) is 1.11. The van der Waals surface area contributed by atoms with Gasteiger partial charge in [0, 0.05) is 30.9 Å². The highest BCUT2D eigenvalue weighted by molar-refractivity contribution is 6.61.